The maximum absolute atomic E-state index is 12.8. The second kappa shape index (κ2) is 8.67. The predicted molar refractivity (Wildman–Crippen MR) is 121 cm³/mol. The molecule has 2 aromatic rings. The van der Waals surface area contributed by atoms with Crippen LogP contribution in [0.2, 0.25) is 0 Å². The number of aromatic nitrogens is 1. The van der Waals surface area contributed by atoms with E-state index in [1.54, 1.807) is 6.07 Å². The molecule has 0 radical (unpaired) electrons. The van der Waals surface area contributed by atoms with Crippen molar-refractivity contribution >= 4 is 5.69 Å². The first-order chi connectivity index (χ1) is 15.1. The van der Waals surface area contributed by atoms with Crippen LogP contribution in [-0.4, -0.2) is 50.2 Å². The van der Waals surface area contributed by atoms with Gasteiger partial charge >= 0.3 is 0 Å². The summed E-state index contributed by atoms with van der Waals surface area (Å²) in [5.74, 6) is 1.44. The molecule has 3 aliphatic heterocycles. The molecule has 0 bridgehead atoms. The summed E-state index contributed by atoms with van der Waals surface area (Å²) in [5.41, 5.74) is 5.57. The Kier molecular flexibility index (Phi) is 5.76. The molecule has 0 aliphatic carbocycles. The van der Waals surface area contributed by atoms with Gasteiger partial charge in [0.15, 0.2) is 11.3 Å². The monoisotopic (exact) mass is 424 g/mol. The number of benzene rings is 1. The van der Waals surface area contributed by atoms with Crippen molar-refractivity contribution in [3.63, 3.8) is 0 Å². The number of piperidine rings is 1. The van der Waals surface area contributed by atoms with Crippen LogP contribution in [0.4, 0.5) is 5.69 Å². The number of rotatable bonds is 4. The quantitative estimate of drug-likeness (QED) is 0.753. The van der Waals surface area contributed by atoms with E-state index >= 15 is 0 Å². The molecule has 3 aliphatic rings. The van der Waals surface area contributed by atoms with Crippen LogP contribution >= 0.6 is 0 Å². The Hall–Kier alpha value is -2.31. The van der Waals surface area contributed by atoms with E-state index in [4.69, 9.17) is 14.2 Å². The average Bonchev–Trinajstić information content (AvgIpc) is 2.80. The summed E-state index contributed by atoms with van der Waals surface area (Å²) in [6.45, 7) is 9.46. The van der Waals surface area contributed by atoms with Crippen molar-refractivity contribution in [1.29, 1.82) is 0 Å². The summed E-state index contributed by atoms with van der Waals surface area (Å²) in [7, 11) is 0. The van der Waals surface area contributed by atoms with Crippen molar-refractivity contribution in [3.8, 4) is 17.1 Å². The zero-order valence-electron chi connectivity index (χ0n) is 18.6. The zero-order valence-corrected chi connectivity index (χ0v) is 18.6. The van der Waals surface area contributed by atoms with Crippen LogP contribution in [0.1, 0.15) is 30.9 Å². The highest BCUT2D eigenvalue weighted by molar-refractivity contribution is 5.72. The fourth-order valence-electron chi connectivity index (χ4n) is 4.94. The van der Waals surface area contributed by atoms with E-state index in [0.717, 1.165) is 48.8 Å². The van der Waals surface area contributed by atoms with E-state index in [9.17, 15) is 4.79 Å². The minimum Gasteiger partial charge on any atom is -0.476 e. The molecular formula is C25H32N2O4. The van der Waals surface area contributed by atoms with Crippen LogP contribution in [0.5, 0.6) is 5.88 Å². The van der Waals surface area contributed by atoms with E-state index in [-0.39, 0.29) is 11.5 Å². The summed E-state index contributed by atoms with van der Waals surface area (Å²) in [4.78, 5) is 15.3. The number of fused-ring (bicyclic) bond motifs is 3. The van der Waals surface area contributed by atoms with Crippen LogP contribution in [0.25, 0.3) is 11.3 Å². The number of aryl methyl sites for hydroxylation is 1. The van der Waals surface area contributed by atoms with E-state index in [2.05, 4.69) is 34.6 Å². The first kappa shape index (κ1) is 20.6. The lowest BCUT2D eigenvalue weighted by atomic mass is 9.93. The van der Waals surface area contributed by atoms with Gasteiger partial charge in [-0.25, -0.2) is 0 Å². The average molecular weight is 425 g/mol. The number of anilines is 1. The SMILES string of the molecule is Cc1c2n(c(OCC3COCCO3)cc1=O)CCc1cc(N3CCC(C)CC3)ccc1-2. The first-order valence-corrected chi connectivity index (χ1v) is 11.5. The van der Waals surface area contributed by atoms with Crippen LogP contribution in [0.3, 0.4) is 0 Å². The molecule has 2 saturated heterocycles. The van der Waals surface area contributed by atoms with Crippen LogP contribution in [0, 0.1) is 12.8 Å². The maximum atomic E-state index is 12.8. The summed E-state index contributed by atoms with van der Waals surface area (Å²) < 4.78 is 19.4. The molecule has 6 nitrogen and oxygen atoms in total. The van der Waals surface area contributed by atoms with Gasteiger partial charge in [0, 0.05) is 42.5 Å². The molecule has 0 spiro atoms. The fourth-order valence-corrected chi connectivity index (χ4v) is 4.94. The van der Waals surface area contributed by atoms with Gasteiger partial charge in [0.2, 0.25) is 0 Å². The van der Waals surface area contributed by atoms with E-state index < -0.39 is 0 Å². The lowest BCUT2D eigenvalue weighted by Crippen LogP contribution is -2.34. The summed E-state index contributed by atoms with van der Waals surface area (Å²) in [6, 6.07) is 8.37. The molecule has 1 atom stereocenters. The van der Waals surface area contributed by atoms with Crippen molar-refractivity contribution in [2.75, 3.05) is 44.4 Å². The van der Waals surface area contributed by atoms with Gasteiger partial charge in [-0.05, 0) is 49.8 Å². The van der Waals surface area contributed by atoms with Crippen molar-refractivity contribution in [3.05, 3.63) is 45.6 Å². The fraction of sp³-hybridized carbons (Fsp3) is 0.560. The Bertz CT molecular complexity index is 1000. The predicted octanol–water partition coefficient (Wildman–Crippen LogP) is 3.41. The number of hydrogen-bond acceptors (Lipinski definition) is 5. The van der Waals surface area contributed by atoms with Gasteiger partial charge in [-0.2, -0.15) is 0 Å². The highest BCUT2D eigenvalue weighted by Gasteiger charge is 2.25. The molecule has 0 amide bonds. The number of ether oxygens (including phenoxy) is 3. The van der Waals surface area contributed by atoms with Crippen molar-refractivity contribution in [2.45, 2.75) is 45.8 Å². The summed E-state index contributed by atoms with van der Waals surface area (Å²) in [6.07, 6.45) is 3.35. The van der Waals surface area contributed by atoms with Crippen molar-refractivity contribution < 1.29 is 14.2 Å². The molecule has 2 fully saturated rings. The lowest BCUT2D eigenvalue weighted by Gasteiger charge is -2.33. The molecular weight excluding hydrogens is 392 g/mol. The van der Waals surface area contributed by atoms with Gasteiger partial charge in [0.05, 0.1) is 25.5 Å². The Labute approximate surface area is 183 Å². The third-order valence-electron chi connectivity index (χ3n) is 6.91. The molecule has 1 aromatic carbocycles. The highest BCUT2D eigenvalue weighted by atomic mass is 16.6. The Morgan fingerprint density at radius 1 is 1.13 bits per heavy atom. The molecule has 5 rings (SSSR count). The van der Waals surface area contributed by atoms with Gasteiger partial charge in [-0.1, -0.05) is 13.0 Å². The Morgan fingerprint density at radius 3 is 2.74 bits per heavy atom. The van der Waals surface area contributed by atoms with Gasteiger partial charge in [-0.3, -0.25) is 4.79 Å². The molecule has 166 valence electrons. The van der Waals surface area contributed by atoms with E-state index in [0.29, 0.717) is 32.3 Å². The van der Waals surface area contributed by atoms with Crippen LogP contribution < -0.4 is 15.1 Å². The molecule has 0 saturated carbocycles. The molecule has 0 N–H and O–H groups in total. The first-order valence-electron chi connectivity index (χ1n) is 11.5. The minimum atomic E-state index is -0.0906. The smallest absolute Gasteiger partial charge is 0.197 e. The second-order valence-corrected chi connectivity index (χ2v) is 9.11. The van der Waals surface area contributed by atoms with Gasteiger partial charge in [0.25, 0.3) is 0 Å². The third-order valence-corrected chi connectivity index (χ3v) is 6.91. The highest BCUT2D eigenvalue weighted by Crippen LogP contribution is 2.36. The number of nitrogens with zero attached hydrogens (tertiary/aromatic N) is 2. The van der Waals surface area contributed by atoms with Gasteiger partial charge in [-0.15, -0.1) is 0 Å². The Balaban J connectivity index is 1.44. The molecule has 4 heterocycles. The minimum absolute atomic E-state index is 0.0176. The number of hydrogen-bond donors (Lipinski definition) is 0. The maximum Gasteiger partial charge on any atom is 0.197 e. The zero-order chi connectivity index (χ0) is 21.4. The normalized spacial score (nSPS) is 21.5. The molecule has 1 aromatic heterocycles. The third kappa shape index (κ3) is 4.11. The summed E-state index contributed by atoms with van der Waals surface area (Å²) in [5, 5.41) is 0. The second-order valence-electron chi connectivity index (χ2n) is 9.11. The van der Waals surface area contributed by atoms with E-state index in [1.165, 1.54) is 24.1 Å². The standard InChI is InChI=1S/C25H32N2O4/c1-17-5-8-26(9-6-17)20-3-4-22-19(13-20)7-10-27-24(14-23(28)18(2)25(22)27)31-16-21-15-29-11-12-30-21/h3-4,13-14,17,21H,5-12,15-16H2,1-2H3. The number of pyridine rings is 1. The molecule has 1 unspecified atom stereocenters. The van der Waals surface area contributed by atoms with Crippen molar-refractivity contribution in [1.82, 2.24) is 4.57 Å². The van der Waals surface area contributed by atoms with Crippen LogP contribution in [0.15, 0.2) is 29.1 Å². The van der Waals surface area contributed by atoms with Gasteiger partial charge < -0.3 is 23.7 Å². The lowest BCUT2D eigenvalue weighted by molar-refractivity contribution is -0.102. The summed E-state index contributed by atoms with van der Waals surface area (Å²) >= 11 is 0. The topological polar surface area (TPSA) is 52.9 Å². The van der Waals surface area contributed by atoms with Crippen LogP contribution in [-0.2, 0) is 22.4 Å². The Morgan fingerprint density at radius 2 is 1.97 bits per heavy atom. The van der Waals surface area contributed by atoms with Crippen molar-refractivity contribution in [2.24, 2.45) is 5.92 Å². The molecule has 31 heavy (non-hydrogen) atoms. The van der Waals surface area contributed by atoms with Gasteiger partial charge in [0.1, 0.15) is 12.7 Å². The largest absolute Gasteiger partial charge is 0.476 e. The molecule has 6 heteroatoms. The van der Waals surface area contributed by atoms with E-state index in [1.807, 2.05) is 6.92 Å².